The van der Waals surface area contributed by atoms with Crippen LogP contribution in [0.5, 0.6) is 0 Å². The van der Waals surface area contributed by atoms with Gasteiger partial charge in [-0.15, -0.1) is 0 Å². The minimum absolute atomic E-state index is 0.0113. The normalized spacial score (nSPS) is 19.6. The monoisotopic (exact) mass is 184 g/mol. The highest BCUT2D eigenvalue weighted by molar-refractivity contribution is 4.75. The third-order valence-electron chi connectivity index (χ3n) is 2.79. The van der Waals surface area contributed by atoms with Crippen LogP contribution in [-0.4, -0.2) is 18.1 Å². The lowest BCUT2D eigenvalue weighted by Gasteiger charge is -2.19. The van der Waals surface area contributed by atoms with Crippen LogP contribution in [0.4, 0.5) is 0 Å². The maximum absolute atomic E-state index is 5.90. The fraction of sp³-hybridized carbons (Fsp3) is 1.00. The summed E-state index contributed by atoms with van der Waals surface area (Å²) in [6, 6.07) is 0.806. The van der Waals surface area contributed by atoms with Gasteiger partial charge < -0.3 is 11.1 Å². The van der Waals surface area contributed by atoms with E-state index < -0.39 is 0 Å². The van der Waals surface area contributed by atoms with E-state index in [4.69, 9.17) is 5.73 Å². The highest BCUT2D eigenvalue weighted by atomic mass is 14.9. The first-order chi connectivity index (χ1) is 6.08. The Morgan fingerprint density at radius 1 is 1.31 bits per heavy atom. The van der Waals surface area contributed by atoms with Gasteiger partial charge in [-0.1, -0.05) is 12.8 Å². The Balaban J connectivity index is 1.94. The molecule has 78 valence electrons. The predicted molar refractivity (Wildman–Crippen MR) is 57.8 cm³/mol. The van der Waals surface area contributed by atoms with E-state index in [1.54, 1.807) is 0 Å². The third kappa shape index (κ3) is 5.27. The Hall–Kier alpha value is -0.0800. The largest absolute Gasteiger partial charge is 0.326 e. The van der Waals surface area contributed by atoms with Crippen LogP contribution in [-0.2, 0) is 0 Å². The van der Waals surface area contributed by atoms with Gasteiger partial charge in [0, 0.05) is 11.6 Å². The molecular weight excluding hydrogens is 160 g/mol. The molecule has 0 aromatic rings. The molecule has 3 N–H and O–H groups in total. The zero-order valence-corrected chi connectivity index (χ0v) is 9.10. The van der Waals surface area contributed by atoms with Gasteiger partial charge in [0.1, 0.15) is 0 Å². The number of hydrogen-bond acceptors (Lipinski definition) is 2. The molecule has 0 bridgehead atoms. The highest BCUT2D eigenvalue weighted by Crippen LogP contribution is 2.17. The first kappa shape index (κ1) is 11.0. The fourth-order valence-electron chi connectivity index (χ4n) is 1.98. The van der Waals surface area contributed by atoms with Crippen LogP contribution in [0.1, 0.15) is 52.4 Å². The van der Waals surface area contributed by atoms with E-state index in [1.165, 1.54) is 32.1 Å². The zero-order valence-electron chi connectivity index (χ0n) is 9.10. The van der Waals surface area contributed by atoms with Crippen molar-refractivity contribution in [3.05, 3.63) is 0 Å². The summed E-state index contributed by atoms with van der Waals surface area (Å²) in [5, 5.41) is 3.60. The Morgan fingerprint density at radius 3 is 2.46 bits per heavy atom. The maximum Gasteiger partial charge on any atom is 0.00975 e. The Labute approximate surface area is 82.3 Å². The molecule has 1 aliphatic rings. The van der Waals surface area contributed by atoms with E-state index in [9.17, 15) is 0 Å². The molecule has 0 aliphatic heterocycles. The van der Waals surface area contributed by atoms with Crippen LogP contribution >= 0.6 is 0 Å². The van der Waals surface area contributed by atoms with Crippen LogP contribution in [0.2, 0.25) is 0 Å². The summed E-state index contributed by atoms with van der Waals surface area (Å²) in [5.74, 6) is 0. The first-order valence-electron chi connectivity index (χ1n) is 5.60. The van der Waals surface area contributed by atoms with Crippen molar-refractivity contribution in [2.75, 3.05) is 6.54 Å². The predicted octanol–water partition coefficient (Wildman–Crippen LogP) is 2.04. The van der Waals surface area contributed by atoms with Gasteiger partial charge in [0.2, 0.25) is 0 Å². The molecule has 0 amide bonds. The van der Waals surface area contributed by atoms with Crippen molar-refractivity contribution in [2.45, 2.75) is 64.0 Å². The standard InChI is InChI=1S/C11H24N2/c1-11(2,12)8-5-9-13-10-6-3-4-7-10/h10,13H,3-9,12H2,1-2H3. The number of nitrogens with two attached hydrogens (primary N) is 1. The summed E-state index contributed by atoms with van der Waals surface area (Å²) >= 11 is 0. The van der Waals surface area contributed by atoms with E-state index in [2.05, 4.69) is 19.2 Å². The molecule has 2 heteroatoms. The van der Waals surface area contributed by atoms with Crippen molar-refractivity contribution in [1.82, 2.24) is 5.32 Å². The molecule has 0 heterocycles. The number of rotatable bonds is 5. The van der Waals surface area contributed by atoms with E-state index in [1.807, 2.05) is 0 Å². The third-order valence-corrected chi connectivity index (χ3v) is 2.79. The van der Waals surface area contributed by atoms with Crippen molar-refractivity contribution >= 4 is 0 Å². The summed E-state index contributed by atoms with van der Waals surface area (Å²) < 4.78 is 0. The minimum atomic E-state index is 0.0113. The van der Waals surface area contributed by atoms with Gasteiger partial charge in [-0.3, -0.25) is 0 Å². The summed E-state index contributed by atoms with van der Waals surface area (Å²) in [5.41, 5.74) is 5.91. The lowest BCUT2D eigenvalue weighted by Crippen LogP contribution is -2.34. The van der Waals surface area contributed by atoms with Crippen LogP contribution in [0.3, 0.4) is 0 Å². The van der Waals surface area contributed by atoms with Crippen molar-refractivity contribution in [3.63, 3.8) is 0 Å². The van der Waals surface area contributed by atoms with Crippen LogP contribution < -0.4 is 11.1 Å². The summed E-state index contributed by atoms with van der Waals surface area (Å²) in [6.07, 6.45) is 7.92. The van der Waals surface area contributed by atoms with Gasteiger partial charge in [0.05, 0.1) is 0 Å². The fourth-order valence-corrected chi connectivity index (χ4v) is 1.98. The lowest BCUT2D eigenvalue weighted by atomic mass is 10.0. The molecule has 2 nitrogen and oxygen atoms in total. The lowest BCUT2D eigenvalue weighted by molar-refractivity contribution is 0.430. The van der Waals surface area contributed by atoms with Crippen molar-refractivity contribution in [3.8, 4) is 0 Å². The number of nitrogens with one attached hydrogen (secondary N) is 1. The van der Waals surface area contributed by atoms with Gasteiger partial charge in [0.15, 0.2) is 0 Å². The van der Waals surface area contributed by atoms with Gasteiger partial charge in [-0.25, -0.2) is 0 Å². The Bertz CT molecular complexity index is 132. The highest BCUT2D eigenvalue weighted by Gasteiger charge is 2.14. The Morgan fingerprint density at radius 2 is 1.92 bits per heavy atom. The van der Waals surface area contributed by atoms with Crippen LogP contribution in [0.25, 0.3) is 0 Å². The molecule has 1 fully saturated rings. The topological polar surface area (TPSA) is 38.0 Å². The first-order valence-corrected chi connectivity index (χ1v) is 5.60. The summed E-state index contributed by atoms with van der Waals surface area (Å²) in [4.78, 5) is 0. The van der Waals surface area contributed by atoms with Crippen molar-refractivity contribution < 1.29 is 0 Å². The SMILES string of the molecule is CC(C)(N)CCCNC1CCCC1. The Kier molecular flexibility index (Phi) is 4.20. The molecule has 0 unspecified atom stereocenters. The van der Waals surface area contributed by atoms with Crippen molar-refractivity contribution in [1.29, 1.82) is 0 Å². The molecule has 13 heavy (non-hydrogen) atoms. The smallest absolute Gasteiger partial charge is 0.00975 e. The molecule has 0 aromatic heterocycles. The van der Waals surface area contributed by atoms with Crippen LogP contribution in [0.15, 0.2) is 0 Å². The van der Waals surface area contributed by atoms with E-state index >= 15 is 0 Å². The van der Waals surface area contributed by atoms with Gasteiger partial charge in [-0.2, -0.15) is 0 Å². The van der Waals surface area contributed by atoms with E-state index in [0.29, 0.717) is 0 Å². The van der Waals surface area contributed by atoms with E-state index in [-0.39, 0.29) is 5.54 Å². The van der Waals surface area contributed by atoms with Gasteiger partial charge in [-0.05, 0) is 46.1 Å². The second-order valence-electron chi connectivity index (χ2n) is 5.03. The summed E-state index contributed by atoms with van der Waals surface area (Å²) in [6.45, 7) is 5.34. The molecule has 0 radical (unpaired) electrons. The molecule has 1 rings (SSSR count). The maximum atomic E-state index is 5.90. The molecular formula is C11H24N2. The molecule has 0 spiro atoms. The average Bonchev–Trinajstić information content (AvgIpc) is 2.48. The van der Waals surface area contributed by atoms with Gasteiger partial charge in [0.25, 0.3) is 0 Å². The van der Waals surface area contributed by atoms with Crippen LogP contribution in [0, 0.1) is 0 Å². The van der Waals surface area contributed by atoms with Gasteiger partial charge >= 0.3 is 0 Å². The molecule has 1 saturated carbocycles. The number of hydrogen-bond donors (Lipinski definition) is 2. The second kappa shape index (κ2) is 4.97. The van der Waals surface area contributed by atoms with Crippen molar-refractivity contribution in [2.24, 2.45) is 5.73 Å². The zero-order chi connectivity index (χ0) is 9.73. The van der Waals surface area contributed by atoms with E-state index in [0.717, 1.165) is 19.0 Å². The molecule has 1 aliphatic carbocycles. The quantitative estimate of drug-likeness (QED) is 0.642. The molecule has 0 atom stereocenters. The minimum Gasteiger partial charge on any atom is -0.326 e. The average molecular weight is 184 g/mol. The summed E-state index contributed by atoms with van der Waals surface area (Å²) in [7, 11) is 0. The molecule has 0 aromatic carbocycles. The second-order valence-corrected chi connectivity index (χ2v) is 5.03. The molecule has 0 saturated heterocycles.